The Hall–Kier alpha value is -2.91. The minimum atomic E-state index is -0.600. The number of hydrogen-bond donors (Lipinski definition) is 3. The molecule has 5 nitrogen and oxygen atoms in total. The van der Waals surface area contributed by atoms with Gasteiger partial charge >= 0.3 is 0 Å². The molecule has 0 aromatic heterocycles. The SMILES string of the molecule is N#Cc1cccc(CNC(=O)c2cccc(F)c2NN)c1. The van der Waals surface area contributed by atoms with Crippen molar-refractivity contribution in [3.05, 3.63) is 65.0 Å². The first-order valence-corrected chi connectivity index (χ1v) is 6.18. The van der Waals surface area contributed by atoms with Crippen LogP contribution in [0, 0.1) is 17.1 Å². The van der Waals surface area contributed by atoms with Gasteiger partial charge in [-0.05, 0) is 29.8 Å². The zero-order valence-electron chi connectivity index (χ0n) is 11.1. The standard InChI is InChI=1S/C15H13FN4O/c16-13-6-2-5-12(14(13)20-18)15(21)19-9-11-4-1-3-10(7-11)8-17/h1-7,20H,9,18H2,(H,19,21). The Balaban J connectivity index is 2.12. The lowest BCUT2D eigenvalue weighted by Gasteiger charge is -2.10. The van der Waals surface area contributed by atoms with Crippen LogP contribution in [0.3, 0.4) is 0 Å². The molecule has 0 fully saturated rings. The van der Waals surface area contributed by atoms with Gasteiger partial charge in [-0.25, -0.2) is 4.39 Å². The Morgan fingerprint density at radius 3 is 2.76 bits per heavy atom. The zero-order chi connectivity index (χ0) is 15.2. The number of halogens is 1. The molecule has 0 atom stereocenters. The second-order valence-corrected chi connectivity index (χ2v) is 4.30. The molecule has 0 heterocycles. The molecule has 0 aliphatic heterocycles. The monoisotopic (exact) mass is 284 g/mol. The third kappa shape index (κ3) is 3.35. The molecular weight excluding hydrogens is 271 g/mol. The summed E-state index contributed by atoms with van der Waals surface area (Å²) < 4.78 is 13.5. The molecule has 1 amide bonds. The number of hydrogen-bond acceptors (Lipinski definition) is 4. The second kappa shape index (κ2) is 6.50. The van der Waals surface area contributed by atoms with E-state index in [1.807, 2.05) is 6.07 Å². The number of nitrogens with two attached hydrogens (primary N) is 1. The van der Waals surface area contributed by atoms with Gasteiger partial charge in [0, 0.05) is 6.54 Å². The molecule has 0 bridgehead atoms. The first-order valence-electron chi connectivity index (χ1n) is 6.18. The van der Waals surface area contributed by atoms with E-state index in [0.29, 0.717) is 5.56 Å². The van der Waals surface area contributed by atoms with Gasteiger partial charge in [-0.15, -0.1) is 0 Å². The van der Waals surface area contributed by atoms with Crippen molar-refractivity contribution in [2.45, 2.75) is 6.54 Å². The number of benzene rings is 2. The molecular formula is C15H13FN4O. The third-order valence-corrected chi connectivity index (χ3v) is 2.91. The van der Waals surface area contributed by atoms with Crippen molar-refractivity contribution in [2.24, 2.45) is 5.84 Å². The fourth-order valence-corrected chi connectivity index (χ4v) is 1.89. The highest BCUT2D eigenvalue weighted by Gasteiger charge is 2.14. The lowest BCUT2D eigenvalue weighted by molar-refractivity contribution is 0.0951. The van der Waals surface area contributed by atoms with Crippen molar-refractivity contribution in [3.8, 4) is 6.07 Å². The molecule has 0 aliphatic carbocycles. The Morgan fingerprint density at radius 1 is 1.29 bits per heavy atom. The topological polar surface area (TPSA) is 90.9 Å². The van der Waals surface area contributed by atoms with Gasteiger partial charge in [0.25, 0.3) is 5.91 Å². The normalized spacial score (nSPS) is 9.76. The summed E-state index contributed by atoms with van der Waals surface area (Å²) in [5.74, 6) is 4.17. The Bertz CT molecular complexity index is 709. The summed E-state index contributed by atoms with van der Waals surface area (Å²) in [6, 6.07) is 13.0. The van der Waals surface area contributed by atoms with Crippen molar-refractivity contribution < 1.29 is 9.18 Å². The van der Waals surface area contributed by atoms with Crippen molar-refractivity contribution in [1.29, 1.82) is 5.26 Å². The number of nitrogen functional groups attached to an aromatic ring is 1. The summed E-state index contributed by atoms with van der Waals surface area (Å²) in [7, 11) is 0. The van der Waals surface area contributed by atoms with Gasteiger partial charge in [0.15, 0.2) is 0 Å². The van der Waals surface area contributed by atoms with Crippen LogP contribution in [0.25, 0.3) is 0 Å². The average Bonchev–Trinajstić information content (AvgIpc) is 2.52. The predicted octanol–water partition coefficient (Wildman–Crippen LogP) is 1.91. The number of anilines is 1. The summed E-state index contributed by atoms with van der Waals surface area (Å²) in [4.78, 5) is 12.1. The van der Waals surface area contributed by atoms with Gasteiger partial charge in [-0.2, -0.15) is 5.26 Å². The maximum absolute atomic E-state index is 13.5. The lowest BCUT2D eigenvalue weighted by Crippen LogP contribution is -2.25. The van der Waals surface area contributed by atoms with E-state index in [0.717, 1.165) is 5.56 Å². The summed E-state index contributed by atoms with van der Waals surface area (Å²) in [5, 5.41) is 11.5. The van der Waals surface area contributed by atoms with Crippen LogP contribution in [-0.4, -0.2) is 5.91 Å². The molecule has 0 unspecified atom stereocenters. The van der Waals surface area contributed by atoms with Gasteiger partial charge < -0.3 is 10.7 Å². The Morgan fingerprint density at radius 2 is 2.05 bits per heavy atom. The number of para-hydroxylation sites is 1. The summed E-state index contributed by atoms with van der Waals surface area (Å²) in [6.45, 7) is 0.231. The zero-order valence-corrected chi connectivity index (χ0v) is 11.1. The number of nitrogens with one attached hydrogen (secondary N) is 2. The molecule has 2 aromatic rings. The van der Waals surface area contributed by atoms with Crippen molar-refractivity contribution in [3.63, 3.8) is 0 Å². The van der Waals surface area contributed by atoms with Crippen molar-refractivity contribution >= 4 is 11.6 Å². The highest BCUT2D eigenvalue weighted by Crippen LogP contribution is 2.18. The van der Waals surface area contributed by atoms with Crippen LogP contribution in [0.1, 0.15) is 21.5 Å². The largest absolute Gasteiger partial charge is 0.348 e. The number of carbonyl (C=O) groups excluding carboxylic acids is 1. The van der Waals surface area contributed by atoms with Crippen LogP contribution in [0.15, 0.2) is 42.5 Å². The molecule has 2 aromatic carbocycles. The van der Waals surface area contributed by atoms with E-state index < -0.39 is 11.7 Å². The molecule has 0 spiro atoms. The van der Waals surface area contributed by atoms with E-state index in [4.69, 9.17) is 11.1 Å². The first-order chi connectivity index (χ1) is 10.2. The molecule has 6 heteroatoms. The highest BCUT2D eigenvalue weighted by atomic mass is 19.1. The van der Waals surface area contributed by atoms with E-state index in [-0.39, 0.29) is 17.8 Å². The maximum atomic E-state index is 13.5. The van der Waals surface area contributed by atoms with Gasteiger partial charge in [-0.1, -0.05) is 18.2 Å². The highest BCUT2D eigenvalue weighted by molar-refractivity contribution is 5.99. The van der Waals surface area contributed by atoms with E-state index in [1.54, 1.807) is 24.3 Å². The van der Waals surface area contributed by atoms with Crippen LogP contribution in [0.2, 0.25) is 0 Å². The van der Waals surface area contributed by atoms with Crippen LogP contribution >= 0.6 is 0 Å². The lowest BCUT2D eigenvalue weighted by atomic mass is 10.1. The molecule has 21 heavy (non-hydrogen) atoms. The molecule has 0 aliphatic rings. The fourth-order valence-electron chi connectivity index (χ4n) is 1.89. The minimum Gasteiger partial charge on any atom is -0.348 e. The van der Waals surface area contributed by atoms with Gasteiger partial charge in [0.2, 0.25) is 0 Å². The first kappa shape index (κ1) is 14.5. The van der Waals surface area contributed by atoms with E-state index in [9.17, 15) is 9.18 Å². The smallest absolute Gasteiger partial charge is 0.253 e. The van der Waals surface area contributed by atoms with Gasteiger partial charge in [-0.3, -0.25) is 10.6 Å². The second-order valence-electron chi connectivity index (χ2n) is 4.30. The number of amides is 1. The third-order valence-electron chi connectivity index (χ3n) is 2.91. The van der Waals surface area contributed by atoms with Gasteiger partial charge in [0.05, 0.1) is 22.9 Å². The van der Waals surface area contributed by atoms with E-state index in [1.165, 1.54) is 18.2 Å². The molecule has 0 saturated carbocycles. The van der Waals surface area contributed by atoms with Crippen molar-refractivity contribution in [2.75, 3.05) is 5.43 Å². The molecule has 0 saturated heterocycles. The number of hydrazine groups is 1. The minimum absolute atomic E-state index is 0.0548. The molecule has 2 rings (SSSR count). The molecule has 106 valence electrons. The van der Waals surface area contributed by atoms with Crippen LogP contribution in [-0.2, 0) is 6.54 Å². The summed E-state index contributed by atoms with van der Waals surface area (Å²) in [6.07, 6.45) is 0. The predicted molar refractivity (Wildman–Crippen MR) is 76.5 cm³/mol. The Labute approximate surface area is 121 Å². The van der Waals surface area contributed by atoms with E-state index >= 15 is 0 Å². The van der Waals surface area contributed by atoms with Crippen molar-refractivity contribution in [1.82, 2.24) is 5.32 Å². The van der Waals surface area contributed by atoms with Crippen LogP contribution in [0.4, 0.5) is 10.1 Å². The average molecular weight is 284 g/mol. The number of nitriles is 1. The van der Waals surface area contributed by atoms with Crippen LogP contribution in [0.5, 0.6) is 0 Å². The number of carbonyl (C=O) groups is 1. The van der Waals surface area contributed by atoms with E-state index in [2.05, 4.69) is 10.7 Å². The van der Waals surface area contributed by atoms with Crippen LogP contribution < -0.4 is 16.6 Å². The van der Waals surface area contributed by atoms with Gasteiger partial charge in [0.1, 0.15) is 5.82 Å². The quantitative estimate of drug-likeness (QED) is 0.591. The number of rotatable bonds is 4. The maximum Gasteiger partial charge on any atom is 0.253 e. The molecule has 0 radical (unpaired) electrons. The fraction of sp³-hybridized carbons (Fsp3) is 0.0667. The Kier molecular flexibility index (Phi) is 4.49. The molecule has 4 N–H and O–H groups in total. The number of nitrogens with zero attached hydrogens (tertiary/aromatic N) is 1. The summed E-state index contributed by atoms with van der Waals surface area (Å²) >= 11 is 0. The summed E-state index contributed by atoms with van der Waals surface area (Å²) in [5.41, 5.74) is 3.54.